The molecule has 1 aromatic carbocycles. The molecule has 0 unspecified atom stereocenters. The lowest BCUT2D eigenvalue weighted by atomic mass is 10.2. The quantitative estimate of drug-likeness (QED) is 0.756. The largest absolute Gasteiger partial charge is 0.478 e. The van der Waals surface area contributed by atoms with Gasteiger partial charge in [-0.2, -0.15) is 10.4 Å². The first kappa shape index (κ1) is 15.5. The molecule has 0 saturated heterocycles. The fourth-order valence-corrected chi connectivity index (χ4v) is 2.30. The summed E-state index contributed by atoms with van der Waals surface area (Å²) >= 11 is 6.00. The van der Waals surface area contributed by atoms with E-state index in [2.05, 4.69) is 15.4 Å². The van der Waals surface area contributed by atoms with Crippen LogP contribution in [0.3, 0.4) is 0 Å². The summed E-state index contributed by atoms with van der Waals surface area (Å²) in [6, 6.07) is 10.4. The van der Waals surface area contributed by atoms with E-state index in [0.29, 0.717) is 27.8 Å². The first-order chi connectivity index (χ1) is 11.6. The maximum atomic E-state index is 11.1. The molecule has 0 aliphatic carbocycles. The number of aromatic nitrogens is 3. The Bertz CT molecular complexity index is 961. The van der Waals surface area contributed by atoms with Crippen molar-refractivity contribution in [1.82, 2.24) is 14.8 Å². The predicted octanol–water partition coefficient (Wildman–Crippen LogP) is 3.23. The molecule has 0 aliphatic rings. The van der Waals surface area contributed by atoms with Crippen molar-refractivity contribution in [2.75, 3.05) is 5.32 Å². The van der Waals surface area contributed by atoms with Crippen LogP contribution in [0.2, 0.25) is 5.02 Å². The second-order valence-electron chi connectivity index (χ2n) is 4.80. The van der Waals surface area contributed by atoms with Crippen molar-refractivity contribution in [2.24, 2.45) is 0 Å². The van der Waals surface area contributed by atoms with E-state index in [9.17, 15) is 10.1 Å². The second kappa shape index (κ2) is 6.40. The van der Waals surface area contributed by atoms with Gasteiger partial charge in [0.2, 0.25) is 0 Å². The molecule has 8 heteroatoms. The van der Waals surface area contributed by atoms with E-state index in [0.717, 1.165) is 0 Å². The number of rotatable bonds is 4. The molecule has 7 nitrogen and oxygen atoms in total. The predicted molar refractivity (Wildman–Crippen MR) is 87.8 cm³/mol. The van der Waals surface area contributed by atoms with Gasteiger partial charge in [-0.1, -0.05) is 17.7 Å². The molecule has 24 heavy (non-hydrogen) atoms. The lowest BCUT2D eigenvalue weighted by Crippen LogP contribution is -2.05. The Morgan fingerprint density at radius 1 is 1.29 bits per heavy atom. The highest BCUT2D eigenvalue weighted by atomic mass is 35.5. The Kier molecular flexibility index (Phi) is 4.14. The molecule has 0 atom stereocenters. The molecule has 0 radical (unpaired) electrons. The van der Waals surface area contributed by atoms with E-state index in [-0.39, 0.29) is 5.56 Å². The first-order valence-electron chi connectivity index (χ1n) is 6.78. The van der Waals surface area contributed by atoms with Gasteiger partial charge in [0.15, 0.2) is 5.82 Å². The van der Waals surface area contributed by atoms with Gasteiger partial charge in [0.05, 0.1) is 29.3 Å². The average molecular weight is 340 g/mol. The van der Waals surface area contributed by atoms with E-state index >= 15 is 0 Å². The fraction of sp³-hybridized carbons (Fsp3) is 0. The summed E-state index contributed by atoms with van der Waals surface area (Å²) in [5.74, 6) is -0.695. The third kappa shape index (κ3) is 3.04. The third-order valence-electron chi connectivity index (χ3n) is 3.19. The minimum atomic E-state index is -1.09. The molecule has 0 spiro atoms. The lowest BCUT2D eigenvalue weighted by molar-refractivity contribution is 0.0696. The van der Waals surface area contributed by atoms with Crippen LogP contribution in [0.5, 0.6) is 0 Å². The number of carboxylic acids is 1. The molecule has 3 aromatic rings. The zero-order chi connectivity index (χ0) is 17.1. The van der Waals surface area contributed by atoms with Crippen LogP contribution in [0.4, 0.5) is 11.5 Å². The number of carbonyl (C=O) groups is 1. The van der Waals surface area contributed by atoms with Gasteiger partial charge in [0, 0.05) is 11.2 Å². The van der Waals surface area contributed by atoms with Crippen molar-refractivity contribution in [3.05, 3.63) is 65.1 Å². The van der Waals surface area contributed by atoms with Gasteiger partial charge in [0.1, 0.15) is 11.6 Å². The van der Waals surface area contributed by atoms with Crippen molar-refractivity contribution in [1.29, 1.82) is 5.26 Å². The Morgan fingerprint density at radius 3 is 2.83 bits per heavy atom. The standard InChI is InChI=1S/C16H10ClN5O2/c17-12-2-1-3-14(5-12)22-15(11(6-18)8-20-22)21-13-4-10(16(23)24)7-19-9-13/h1-5,7-9,21H,(H,23,24). The second-order valence-corrected chi connectivity index (χ2v) is 5.24. The molecule has 2 aromatic heterocycles. The summed E-state index contributed by atoms with van der Waals surface area (Å²) in [5, 5.41) is 26.0. The van der Waals surface area contributed by atoms with Crippen LogP contribution in [-0.4, -0.2) is 25.8 Å². The van der Waals surface area contributed by atoms with Crippen LogP contribution in [0, 0.1) is 11.3 Å². The normalized spacial score (nSPS) is 10.2. The number of pyridine rings is 1. The van der Waals surface area contributed by atoms with Crippen LogP contribution < -0.4 is 5.32 Å². The van der Waals surface area contributed by atoms with E-state index in [1.165, 1.54) is 29.3 Å². The van der Waals surface area contributed by atoms with Crippen LogP contribution in [0.1, 0.15) is 15.9 Å². The summed E-state index contributed by atoms with van der Waals surface area (Å²) in [7, 11) is 0. The Labute approximate surface area is 141 Å². The Hall–Kier alpha value is -3.37. The van der Waals surface area contributed by atoms with Gasteiger partial charge >= 0.3 is 5.97 Å². The smallest absolute Gasteiger partial charge is 0.337 e. The topological polar surface area (TPSA) is 104 Å². The van der Waals surface area contributed by atoms with E-state index in [1.807, 2.05) is 6.07 Å². The average Bonchev–Trinajstić information content (AvgIpc) is 2.97. The lowest BCUT2D eigenvalue weighted by Gasteiger charge is -2.11. The summed E-state index contributed by atoms with van der Waals surface area (Å²) in [6.45, 7) is 0. The molecule has 0 saturated carbocycles. The van der Waals surface area contributed by atoms with Gasteiger partial charge < -0.3 is 10.4 Å². The molecule has 0 bridgehead atoms. The summed E-state index contributed by atoms with van der Waals surface area (Å²) in [4.78, 5) is 14.9. The van der Waals surface area contributed by atoms with Crippen molar-refractivity contribution in [3.63, 3.8) is 0 Å². The minimum absolute atomic E-state index is 0.0346. The van der Waals surface area contributed by atoms with E-state index < -0.39 is 5.97 Å². The molecular formula is C16H10ClN5O2. The number of aromatic carboxylic acids is 1. The van der Waals surface area contributed by atoms with Crippen LogP contribution in [-0.2, 0) is 0 Å². The number of anilines is 2. The van der Waals surface area contributed by atoms with Crippen molar-refractivity contribution in [2.45, 2.75) is 0 Å². The number of halogens is 1. The summed E-state index contributed by atoms with van der Waals surface area (Å²) in [5.41, 5.74) is 1.42. The van der Waals surface area contributed by atoms with Gasteiger partial charge in [-0.25, -0.2) is 9.48 Å². The van der Waals surface area contributed by atoms with Crippen molar-refractivity contribution in [3.8, 4) is 11.8 Å². The number of nitrogens with one attached hydrogen (secondary N) is 1. The molecule has 0 fully saturated rings. The van der Waals surface area contributed by atoms with Crippen LogP contribution in [0.25, 0.3) is 5.69 Å². The van der Waals surface area contributed by atoms with Crippen LogP contribution in [0.15, 0.2) is 48.9 Å². The molecular weight excluding hydrogens is 330 g/mol. The van der Waals surface area contributed by atoms with Crippen LogP contribution >= 0.6 is 11.6 Å². The van der Waals surface area contributed by atoms with Gasteiger partial charge in [0.25, 0.3) is 0 Å². The molecule has 2 N–H and O–H groups in total. The van der Waals surface area contributed by atoms with E-state index in [4.69, 9.17) is 16.7 Å². The van der Waals surface area contributed by atoms with Gasteiger partial charge in [-0.15, -0.1) is 0 Å². The zero-order valence-electron chi connectivity index (χ0n) is 12.1. The number of hydrogen-bond donors (Lipinski definition) is 2. The van der Waals surface area contributed by atoms with Gasteiger partial charge in [-0.05, 0) is 24.3 Å². The third-order valence-corrected chi connectivity index (χ3v) is 3.43. The highest BCUT2D eigenvalue weighted by Crippen LogP contribution is 2.25. The molecule has 118 valence electrons. The summed E-state index contributed by atoms with van der Waals surface area (Å²) in [6.07, 6.45) is 4.12. The number of carboxylic acid groups (broad SMARTS) is 1. The number of hydrogen-bond acceptors (Lipinski definition) is 5. The Balaban J connectivity index is 2.05. The number of nitriles is 1. The maximum Gasteiger partial charge on any atom is 0.337 e. The van der Waals surface area contributed by atoms with E-state index in [1.54, 1.807) is 24.3 Å². The van der Waals surface area contributed by atoms with Crippen molar-refractivity contribution >= 4 is 29.1 Å². The monoisotopic (exact) mass is 339 g/mol. The molecule has 0 aliphatic heterocycles. The zero-order valence-corrected chi connectivity index (χ0v) is 12.9. The SMILES string of the molecule is N#Cc1cnn(-c2cccc(Cl)c2)c1Nc1cncc(C(=O)O)c1. The van der Waals surface area contributed by atoms with Crippen molar-refractivity contribution < 1.29 is 9.90 Å². The highest BCUT2D eigenvalue weighted by molar-refractivity contribution is 6.30. The number of nitrogens with zero attached hydrogens (tertiary/aromatic N) is 4. The fourth-order valence-electron chi connectivity index (χ4n) is 2.12. The molecule has 2 heterocycles. The molecule has 3 rings (SSSR count). The first-order valence-corrected chi connectivity index (χ1v) is 7.15. The number of benzene rings is 1. The summed E-state index contributed by atoms with van der Waals surface area (Å²) < 4.78 is 1.51. The maximum absolute atomic E-state index is 11.1. The molecule has 0 amide bonds. The highest BCUT2D eigenvalue weighted by Gasteiger charge is 2.14. The van der Waals surface area contributed by atoms with Gasteiger partial charge in [-0.3, -0.25) is 4.98 Å². The Morgan fingerprint density at radius 2 is 2.12 bits per heavy atom. The minimum Gasteiger partial charge on any atom is -0.478 e.